The van der Waals surface area contributed by atoms with Crippen LogP contribution in [-0.2, 0) is 22.5 Å². The highest BCUT2D eigenvalue weighted by Crippen LogP contribution is 2.27. The Hall–Kier alpha value is -3.30. The second-order valence-electron chi connectivity index (χ2n) is 7.65. The highest BCUT2D eigenvalue weighted by Gasteiger charge is 2.19. The molecule has 0 atom stereocenters. The Kier molecular flexibility index (Phi) is 8.72. The van der Waals surface area contributed by atoms with Crippen molar-refractivity contribution in [2.24, 2.45) is 0 Å². The molecule has 1 amide bonds. The van der Waals surface area contributed by atoms with Crippen molar-refractivity contribution in [2.75, 3.05) is 41.8 Å². The van der Waals surface area contributed by atoms with E-state index in [0.717, 1.165) is 23.8 Å². The van der Waals surface area contributed by atoms with Gasteiger partial charge < -0.3 is 20.3 Å². The fourth-order valence-corrected chi connectivity index (χ4v) is 3.55. The molecule has 1 fully saturated rings. The molecule has 4 rings (SSSR count). The molecule has 1 aromatic heterocycles. The monoisotopic (exact) mass is 492 g/mol. The van der Waals surface area contributed by atoms with E-state index in [0.29, 0.717) is 50.2 Å². The van der Waals surface area contributed by atoms with Crippen LogP contribution in [-0.4, -0.2) is 37.2 Å². The fraction of sp³-hybridized carbons (Fsp3) is 0.250. The number of morpholine rings is 1. The molecule has 2 aromatic carbocycles. The third-order valence-corrected chi connectivity index (χ3v) is 5.13. The molecule has 1 aliphatic rings. The van der Waals surface area contributed by atoms with Gasteiger partial charge in [-0.1, -0.05) is 12.1 Å². The van der Waals surface area contributed by atoms with Crippen molar-refractivity contribution >= 4 is 35.6 Å². The first kappa shape index (κ1) is 25.3. The van der Waals surface area contributed by atoms with Gasteiger partial charge in [-0.15, -0.1) is 12.4 Å². The minimum absolute atomic E-state index is 0. The molecule has 0 saturated carbocycles. The zero-order chi connectivity index (χ0) is 23.2. The summed E-state index contributed by atoms with van der Waals surface area (Å²) in [6.45, 7) is 2.72. The predicted molar refractivity (Wildman–Crippen MR) is 127 cm³/mol. The number of ether oxygens (including phenoxy) is 1. The molecular weight excluding hydrogens is 469 g/mol. The molecule has 0 unspecified atom stereocenters. The van der Waals surface area contributed by atoms with E-state index < -0.39 is 17.5 Å². The van der Waals surface area contributed by atoms with Gasteiger partial charge in [0.05, 0.1) is 25.3 Å². The number of benzene rings is 2. The molecule has 0 spiro atoms. The molecule has 2 N–H and O–H groups in total. The second-order valence-corrected chi connectivity index (χ2v) is 7.65. The first-order valence-electron chi connectivity index (χ1n) is 10.5. The van der Waals surface area contributed by atoms with E-state index in [-0.39, 0.29) is 30.2 Å². The molecule has 10 heteroatoms. The van der Waals surface area contributed by atoms with Crippen LogP contribution in [0.2, 0.25) is 0 Å². The fourth-order valence-electron chi connectivity index (χ4n) is 3.55. The number of carbonyl (C=O) groups excluding carboxylic acids is 1. The van der Waals surface area contributed by atoms with Gasteiger partial charge in [0, 0.05) is 25.7 Å². The lowest BCUT2D eigenvalue weighted by Gasteiger charge is -2.29. The van der Waals surface area contributed by atoms with Crippen LogP contribution < -0.4 is 15.5 Å². The van der Waals surface area contributed by atoms with E-state index in [4.69, 9.17) is 4.74 Å². The minimum Gasteiger partial charge on any atom is -0.378 e. The Balaban J connectivity index is 0.00000324. The summed E-state index contributed by atoms with van der Waals surface area (Å²) in [5, 5.41) is 6.01. The smallest absolute Gasteiger partial charge is 0.228 e. The van der Waals surface area contributed by atoms with E-state index in [1.165, 1.54) is 12.1 Å². The van der Waals surface area contributed by atoms with Crippen LogP contribution in [0.4, 0.5) is 30.5 Å². The standard InChI is InChI=1S/C24H23F3N4O2.ClH/c25-18-3-1-16(2-4-18)15-28-22-6-5-21(24(30-22)31-7-9-33-10-8-31)29-23(32)13-17-11-19(26)14-20(27)12-17;/h1-6,11-12,14H,7-10,13,15H2,(H,28,30)(H,29,32);1H. The molecular formula is C24H24ClF3N4O2. The summed E-state index contributed by atoms with van der Waals surface area (Å²) in [7, 11) is 0. The van der Waals surface area contributed by atoms with Crippen LogP contribution in [0.25, 0.3) is 0 Å². The van der Waals surface area contributed by atoms with E-state index in [2.05, 4.69) is 15.6 Å². The van der Waals surface area contributed by atoms with Gasteiger partial charge in [0.2, 0.25) is 5.91 Å². The van der Waals surface area contributed by atoms with E-state index in [9.17, 15) is 18.0 Å². The van der Waals surface area contributed by atoms with Crippen LogP contribution in [0.5, 0.6) is 0 Å². The topological polar surface area (TPSA) is 66.5 Å². The normalized spacial score (nSPS) is 13.2. The first-order chi connectivity index (χ1) is 16.0. The summed E-state index contributed by atoms with van der Waals surface area (Å²) in [4.78, 5) is 19.3. The Bertz CT molecular complexity index is 1110. The molecule has 2 heterocycles. The number of nitrogens with one attached hydrogen (secondary N) is 2. The Morgan fingerprint density at radius 3 is 2.26 bits per heavy atom. The highest BCUT2D eigenvalue weighted by molar-refractivity contribution is 5.95. The molecule has 0 radical (unpaired) electrons. The number of amides is 1. The zero-order valence-electron chi connectivity index (χ0n) is 18.2. The molecule has 1 aliphatic heterocycles. The molecule has 3 aromatic rings. The molecule has 34 heavy (non-hydrogen) atoms. The van der Waals surface area contributed by atoms with Crippen molar-refractivity contribution in [1.29, 1.82) is 0 Å². The number of carbonyl (C=O) groups is 1. The van der Waals surface area contributed by atoms with Gasteiger partial charge in [-0.3, -0.25) is 4.79 Å². The molecule has 0 bridgehead atoms. The maximum Gasteiger partial charge on any atom is 0.228 e. The summed E-state index contributed by atoms with van der Waals surface area (Å²) in [6.07, 6.45) is -0.179. The first-order valence-corrected chi connectivity index (χ1v) is 10.5. The maximum absolute atomic E-state index is 13.4. The number of halogens is 4. The van der Waals surface area contributed by atoms with Crippen molar-refractivity contribution < 1.29 is 22.7 Å². The predicted octanol–water partition coefficient (Wildman–Crippen LogP) is 4.55. The molecule has 180 valence electrons. The maximum atomic E-state index is 13.4. The lowest BCUT2D eigenvalue weighted by atomic mass is 10.1. The zero-order valence-corrected chi connectivity index (χ0v) is 19.0. The van der Waals surface area contributed by atoms with Gasteiger partial charge in [0.1, 0.15) is 23.3 Å². The van der Waals surface area contributed by atoms with Crippen LogP contribution in [0.3, 0.4) is 0 Å². The number of anilines is 3. The van der Waals surface area contributed by atoms with Gasteiger partial charge >= 0.3 is 0 Å². The van der Waals surface area contributed by atoms with Crippen molar-refractivity contribution in [2.45, 2.75) is 13.0 Å². The lowest BCUT2D eigenvalue weighted by Crippen LogP contribution is -2.37. The average molecular weight is 493 g/mol. The Morgan fingerprint density at radius 1 is 0.912 bits per heavy atom. The second kappa shape index (κ2) is 11.7. The third kappa shape index (κ3) is 6.85. The Labute approximate surface area is 201 Å². The number of rotatable bonds is 7. The summed E-state index contributed by atoms with van der Waals surface area (Å²) in [6, 6.07) is 12.7. The Morgan fingerprint density at radius 2 is 1.59 bits per heavy atom. The quantitative estimate of drug-likeness (QED) is 0.506. The van der Waals surface area contributed by atoms with Gasteiger partial charge in [-0.05, 0) is 47.5 Å². The molecule has 1 saturated heterocycles. The van der Waals surface area contributed by atoms with E-state index in [1.807, 2.05) is 4.90 Å². The van der Waals surface area contributed by atoms with Crippen molar-refractivity contribution in [3.63, 3.8) is 0 Å². The van der Waals surface area contributed by atoms with E-state index >= 15 is 0 Å². The van der Waals surface area contributed by atoms with Crippen LogP contribution in [0, 0.1) is 17.5 Å². The molecule has 0 aliphatic carbocycles. The summed E-state index contributed by atoms with van der Waals surface area (Å²) < 4.78 is 45.4. The summed E-state index contributed by atoms with van der Waals surface area (Å²) in [5.74, 6) is -1.02. The minimum atomic E-state index is -0.731. The largest absolute Gasteiger partial charge is 0.378 e. The van der Waals surface area contributed by atoms with Crippen molar-refractivity contribution in [3.8, 4) is 0 Å². The number of nitrogens with zero attached hydrogens (tertiary/aromatic N) is 2. The van der Waals surface area contributed by atoms with Gasteiger partial charge in [-0.2, -0.15) is 0 Å². The van der Waals surface area contributed by atoms with Gasteiger partial charge in [0.25, 0.3) is 0 Å². The summed E-state index contributed by atoms with van der Waals surface area (Å²) in [5.41, 5.74) is 1.63. The third-order valence-electron chi connectivity index (χ3n) is 5.13. The lowest BCUT2D eigenvalue weighted by molar-refractivity contribution is -0.115. The summed E-state index contributed by atoms with van der Waals surface area (Å²) >= 11 is 0. The number of hydrogen-bond acceptors (Lipinski definition) is 5. The average Bonchev–Trinajstić information content (AvgIpc) is 2.79. The van der Waals surface area contributed by atoms with Crippen LogP contribution in [0.1, 0.15) is 11.1 Å². The van der Waals surface area contributed by atoms with Gasteiger partial charge in [0.15, 0.2) is 5.82 Å². The highest BCUT2D eigenvalue weighted by atomic mass is 35.5. The van der Waals surface area contributed by atoms with Crippen molar-refractivity contribution in [3.05, 3.63) is 83.2 Å². The number of pyridine rings is 1. The van der Waals surface area contributed by atoms with Gasteiger partial charge in [-0.25, -0.2) is 18.2 Å². The number of aromatic nitrogens is 1. The SMILES string of the molecule is Cl.O=C(Cc1cc(F)cc(F)c1)Nc1ccc(NCc2ccc(F)cc2)nc1N1CCOCC1. The van der Waals surface area contributed by atoms with Crippen LogP contribution in [0.15, 0.2) is 54.6 Å². The molecule has 6 nitrogen and oxygen atoms in total. The van der Waals surface area contributed by atoms with E-state index in [1.54, 1.807) is 24.3 Å². The van der Waals surface area contributed by atoms with Crippen LogP contribution >= 0.6 is 12.4 Å². The number of hydrogen-bond donors (Lipinski definition) is 2. The van der Waals surface area contributed by atoms with Crippen molar-refractivity contribution in [1.82, 2.24) is 4.98 Å².